The van der Waals surface area contributed by atoms with Gasteiger partial charge in [0, 0.05) is 6.07 Å². The van der Waals surface area contributed by atoms with E-state index in [9.17, 15) is 10.1 Å². The Bertz CT molecular complexity index is 975. The molecule has 0 amide bonds. The highest BCUT2D eigenvalue weighted by molar-refractivity contribution is 7.99. The SMILES string of the molecule is O=[N+]([O-])c1cnc2ccc(Sc3nc4ccccc4[nH]3)nn12. The number of hydrogen-bond donors (Lipinski definition) is 1. The molecule has 0 saturated carbocycles. The first-order chi connectivity index (χ1) is 10.7. The summed E-state index contributed by atoms with van der Waals surface area (Å²) in [7, 11) is 0. The number of hydrogen-bond acceptors (Lipinski definition) is 6. The van der Waals surface area contributed by atoms with E-state index in [0.29, 0.717) is 15.8 Å². The second-order valence-corrected chi connectivity index (χ2v) is 5.49. The summed E-state index contributed by atoms with van der Waals surface area (Å²) in [5.74, 6) is -0.165. The Balaban J connectivity index is 1.74. The molecule has 9 heteroatoms. The summed E-state index contributed by atoms with van der Waals surface area (Å²) in [5.41, 5.74) is 2.22. The smallest absolute Gasteiger partial charge is 0.358 e. The zero-order valence-electron chi connectivity index (χ0n) is 11.0. The van der Waals surface area contributed by atoms with Crippen LogP contribution in [0.2, 0.25) is 0 Å². The van der Waals surface area contributed by atoms with Crippen molar-refractivity contribution in [3.05, 3.63) is 52.7 Å². The molecule has 3 aromatic heterocycles. The van der Waals surface area contributed by atoms with Crippen molar-refractivity contribution in [3.63, 3.8) is 0 Å². The molecule has 0 radical (unpaired) electrons. The van der Waals surface area contributed by atoms with Crippen molar-refractivity contribution in [2.75, 3.05) is 0 Å². The molecular weight excluding hydrogens is 304 g/mol. The topological polar surface area (TPSA) is 102 Å². The molecule has 4 aromatic rings. The Kier molecular flexibility index (Phi) is 2.79. The zero-order chi connectivity index (χ0) is 15.1. The van der Waals surface area contributed by atoms with Gasteiger partial charge in [0.25, 0.3) is 0 Å². The molecule has 1 aromatic carbocycles. The fourth-order valence-corrected chi connectivity index (χ4v) is 2.86. The summed E-state index contributed by atoms with van der Waals surface area (Å²) < 4.78 is 1.21. The number of para-hydroxylation sites is 2. The monoisotopic (exact) mass is 312 g/mol. The van der Waals surface area contributed by atoms with Gasteiger partial charge in [-0.05, 0) is 34.9 Å². The second kappa shape index (κ2) is 4.81. The molecule has 0 aliphatic rings. The number of rotatable bonds is 3. The van der Waals surface area contributed by atoms with Crippen molar-refractivity contribution in [2.24, 2.45) is 0 Å². The van der Waals surface area contributed by atoms with Gasteiger partial charge >= 0.3 is 5.82 Å². The Morgan fingerprint density at radius 3 is 2.91 bits per heavy atom. The van der Waals surface area contributed by atoms with Gasteiger partial charge in [0.1, 0.15) is 11.2 Å². The van der Waals surface area contributed by atoms with Gasteiger partial charge in [-0.15, -0.1) is 0 Å². The maximum atomic E-state index is 10.9. The van der Waals surface area contributed by atoms with E-state index in [4.69, 9.17) is 0 Å². The number of nitrogens with one attached hydrogen (secondary N) is 1. The predicted molar refractivity (Wildman–Crippen MR) is 79.9 cm³/mol. The summed E-state index contributed by atoms with van der Waals surface area (Å²) in [6.45, 7) is 0. The third-order valence-corrected chi connectivity index (χ3v) is 3.89. The minimum Gasteiger partial charge on any atom is -0.358 e. The van der Waals surface area contributed by atoms with Crippen LogP contribution in [0.4, 0.5) is 5.82 Å². The number of H-pyrrole nitrogens is 1. The maximum absolute atomic E-state index is 10.9. The molecule has 0 aliphatic heterocycles. The summed E-state index contributed by atoms with van der Waals surface area (Å²) >= 11 is 1.30. The van der Waals surface area contributed by atoms with Crippen molar-refractivity contribution in [3.8, 4) is 0 Å². The third kappa shape index (κ3) is 2.07. The summed E-state index contributed by atoms with van der Waals surface area (Å²) in [6, 6.07) is 11.1. The number of fused-ring (bicyclic) bond motifs is 2. The van der Waals surface area contributed by atoms with E-state index in [1.54, 1.807) is 12.1 Å². The number of aromatic nitrogens is 5. The molecule has 108 valence electrons. The van der Waals surface area contributed by atoms with Gasteiger partial charge in [0.15, 0.2) is 5.16 Å². The van der Waals surface area contributed by atoms with Crippen molar-refractivity contribution < 1.29 is 4.92 Å². The van der Waals surface area contributed by atoms with Crippen LogP contribution in [0.25, 0.3) is 16.7 Å². The minimum atomic E-state index is -0.511. The van der Waals surface area contributed by atoms with Crippen molar-refractivity contribution in [1.29, 1.82) is 0 Å². The molecule has 0 unspecified atom stereocenters. The number of aromatic amines is 1. The molecule has 1 N–H and O–H groups in total. The van der Waals surface area contributed by atoms with E-state index < -0.39 is 4.92 Å². The lowest BCUT2D eigenvalue weighted by Gasteiger charge is -1.96. The highest BCUT2D eigenvalue weighted by atomic mass is 32.2. The van der Waals surface area contributed by atoms with Gasteiger partial charge < -0.3 is 15.1 Å². The Morgan fingerprint density at radius 1 is 1.23 bits per heavy atom. The van der Waals surface area contributed by atoms with E-state index in [2.05, 4.69) is 20.1 Å². The molecular formula is C13H8N6O2S. The first-order valence-corrected chi connectivity index (χ1v) is 7.14. The molecule has 0 saturated heterocycles. The Morgan fingerprint density at radius 2 is 2.09 bits per heavy atom. The molecule has 0 spiro atoms. The van der Waals surface area contributed by atoms with Gasteiger partial charge in [-0.25, -0.2) is 9.97 Å². The second-order valence-electron chi connectivity index (χ2n) is 4.48. The lowest BCUT2D eigenvalue weighted by Crippen LogP contribution is -1.99. The largest absolute Gasteiger partial charge is 0.368 e. The minimum absolute atomic E-state index is 0.165. The van der Waals surface area contributed by atoms with Gasteiger partial charge in [-0.3, -0.25) is 0 Å². The molecule has 4 rings (SSSR count). The molecule has 0 atom stereocenters. The first-order valence-electron chi connectivity index (χ1n) is 6.32. The van der Waals surface area contributed by atoms with Crippen LogP contribution in [-0.4, -0.2) is 29.5 Å². The normalized spacial score (nSPS) is 11.3. The van der Waals surface area contributed by atoms with Crippen LogP contribution in [-0.2, 0) is 0 Å². The van der Waals surface area contributed by atoms with Gasteiger partial charge in [-0.1, -0.05) is 21.7 Å². The van der Waals surface area contributed by atoms with Crippen molar-refractivity contribution in [1.82, 2.24) is 24.6 Å². The first kappa shape index (κ1) is 12.8. The van der Waals surface area contributed by atoms with Crippen LogP contribution in [0.5, 0.6) is 0 Å². The van der Waals surface area contributed by atoms with E-state index in [0.717, 1.165) is 11.0 Å². The van der Waals surface area contributed by atoms with E-state index in [1.165, 1.54) is 22.5 Å². The number of benzene rings is 1. The van der Waals surface area contributed by atoms with Crippen LogP contribution in [0, 0.1) is 10.1 Å². The lowest BCUT2D eigenvalue weighted by atomic mass is 10.3. The fourth-order valence-electron chi connectivity index (χ4n) is 2.10. The summed E-state index contributed by atoms with van der Waals surface area (Å²) in [5, 5.41) is 16.4. The highest BCUT2D eigenvalue weighted by Crippen LogP contribution is 2.26. The summed E-state index contributed by atoms with van der Waals surface area (Å²) in [4.78, 5) is 22.0. The standard InChI is InChI=1S/C13H8N6O2S/c20-19(21)12-7-14-10-5-6-11(17-18(10)12)22-13-15-8-3-1-2-4-9(8)16-13/h1-7H,(H,15,16). The van der Waals surface area contributed by atoms with Crippen molar-refractivity contribution in [2.45, 2.75) is 10.2 Å². The van der Waals surface area contributed by atoms with Crippen LogP contribution in [0.15, 0.2) is 52.8 Å². The van der Waals surface area contributed by atoms with Crippen LogP contribution >= 0.6 is 11.8 Å². The van der Waals surface area contributed by atoms with E-state index >= 15 is 0 Å². The molecule has 3 heterocycles. The molecule has 22 heavy (non-hydrogen) atoms. The fraction of sp³-hybridized carbons (Fsp3) is 0. The van der Waals surface area contributed by atoms with Gasteiger partial charge in [0.05, 0.1) is 11.0 Å². The number of imidazole rings is 2. The quantitative estimate of drug-likeness (QED) is 0.461. The van der Waals surface area contributed by atoms with E-state index in [1.807, 2.05) is 24.3 Å². The van der Waals surface area contributed by atoms with Crippen LogP contribution in [0.1, 0.15) is 0 Å². The summed E-state index contributed by atoms with van der Waals surface area (Å²) in [6.07, 6.45) is 1.19. The molecule has 0 fully saturated rings. The highest BCUT2D eigenvalue weighted by Gasteiger charge is 2.16. The van der Waals surface area contributed by atoms with Crippen LogP contribution < -0.4 is 0 Å². The van der Waals surface area contributed by atoms with Crippen molar-refractivity contribution >= 4 is 34.3 Å². The lowest BCUT2D eigenvalue weighted by molar-refractivity contribution is -0.391. The van der Waals surface area contributed by atoms with E-state index in [-0.39, 0.29) is 5.82 Å². The number of nitrogens with zero attached hydrogens (tertiary/aromatic N) is 5. The average Bonchev–Trinajstić information content (AvgIpc) is 3.09. The molecule has 8 nitrogen and oxygen atoms in total. The molecule has 0 bridgehead atoms. The Hall–Kier alpha value is -2.94. The third-order valence-electron chi connectivity index (χ3n) is 3.08. The average molecular weight is 312 g/mol. The maximum Gasteiger partial charge on any atom is 0.368 e. The molecule has 0 aliphatic carbocycles. The zero-order valence-corrected chi connectivity index (χ0v) is 11.8. The van der Waals surface area contributed by atoms with Gasteiger partial charge in [0.2, 0.25) is 5.65 Å². The van der Waals surface area contributed by atoms with Gasteiger partial charge in [-0.2, -0.15) is 0 Å². The Labute approximate surface area is 127 Å². The van der Waals surface area contributed by atoms with Crippen LogP contribution in [0.3, 0.4) is 0 Å². The number of nitro groups is 1. The predicted octanol–water partition coefficient (Wildman–Crippen LogP) is 2.67.